The molecule has 13 rings (SSSR count). The Balaban J connectivity index is 1.19. The summed E-state index contributed by atoms with van der Waals surface area (Å²) < 4.78 is 0. The molecule has 0 N–H and O–H groups in total. The summed E-state index contributed by atoms with van der Waals surface area (Å²) in [6.45, 7) is 23.7. The maximum atomic E-state index is 2.81. The number of benzene rings is 9. The molecule has 4 heteroatoms. The van der Waals surface area contributed by atoms with Gasteiger partial charge in [0, 0.05) is 50.7 Å². The predicted octanol–water partition coefficient (Wildman–Crippen LogP) is 16.6. The highest BCUT2D eigenvalue weighted by atomic mass is 15.3. The summed E-state index contributed by atoms with van der Waals surface area (Å²) in [5.41, 5.74) is 27.4. The Morgan fingerprint density at radius 2 is 0.946 bits per heavy atom. The summed E-state index contributed by atoms with van der Waals surface area (Å²) in [5, 5.41) is 0. The summed E-state index contributed by atoms with van der Waals surface area (Å²) in [4.78, 5) is 8.09. The molecule has 3 heterocycles. The third-order valence-corrected chi connectivity index (χ3v) is 17.7. The van der Waals surface area contributed by atoms with Crippen LogP contribution >= 0.6 is 0 Å². The molecule has 9 aromatic rings. The molecule has 3 nitrogen and oxygen atoms in total. The van der Waals surface area contributed by atoms with E-state index in [1.54, 1.807) is 0 Å². The van der Waals surface area contributed by atoms with Crippen molar-refractivity contribution in [3.05, 3.63) is 233 Å². The molecule has 0 saturated heterocycles. The van der Waals surface area contributed by atoms with E-state index in [4.69, 9.17) is 0 Å². The molecule has 0 fully saturated rings. The van der Waals surface area contributed by atoms with Crippen molar-refractivity contribution in [1.29, 1.82) is 0 Å². The van der Waals surface area contributed by atoms with Crippen molar-refractivity contribution < 1.29 is 0 Å². The Hall–Kier alpha value is -7.56. The zero-order valence-corrected chi connectivity index (χ0v) is 44.8. The number of aryl methyl sites for hydroxylation is 3. The fourth-order valence-corrected chi connectivity index (χ4v) is 13.8. The van der Waals surface area contributed by atoms with Crippen molar-refractivity contribution in [2.45, 2.75) is 104 Å². The minimum atomic E-state index is -0.412. The third kappa shape index (κ3) is 6.72. The van der Waals surface area contributed by atoms with Gasteiger partial charge in [0.2, 0.25) is 0 Å². The van der Waals surface area contributed by atoms with Crippen LogP contribution in [0, 0.1) is 13.8 Å². The van der Waals surface area contributed by atoms with Crippen LogP contribution in [0.25, 0.3) is 22.3 Å². The number of fused-ring (bicyclic) bond motifs is 9. The van der Waals surface area contributed by atoms with Gasteiger partial charge in [-0.05, 0) is 154 Å². The second-order valence-corrected chi connectivity index (χ2v) is 24.2. The van der Waals surface area contributed by atoms with E-state index < -0.39 is 5.54 Å². The van der Waals surface area contributed by atoms with E-state index >= 15 is 0 Å². The van der Waals surface area contributed by atoms with Crippen LogP contribution in [-0.4, -0.2) is 6.71 Å². The van der Waals surface area contributed by atoms with Gasteiger partial charge in [-0.2, -0.15) is 0 Å². The summed E-state index contributed by atoms with van der Waals surface area (Å²) >= 11 is 0. The second kappa shape index (κ2) is 16.5. The lowest BCUT2D eigenvalue weighted by Gasteiger charge is -2.52. The van der Waals surface area contributed by atoms with Gasteiger partial charge in [-0.25, -0.2) is 0 Å². The van der Waals surface area contributed by atoms with Gasteiger partial charge in [0.1, 0.15) is 0 Å². The van der Waals surface area contributed by atoms with E-state index in [2.05, 4.69) is 278 Å². The van der Waals surface area contributed by atoms with Crippen molar-refractivity contribution in [1.82, 2.24) is 0 Å². The summed E-state index contributed by atoms with van der Waals surface area (Å²) in [7, 11) is 0. The van der Waals surface area contributed by atoms with Crippen LogP contribution in [-0.2, 0) is 28.2 Å². The molecule has 0 bridgehead atoms. The lowest BCUT2D eigenvalue weighted by molar-refractivity contribution is 0.245. The van der Waals surface area contributed by atoms with Gasteiger partial charge in [-0.3, -0.25) is 0 Å². The lowest BCUT2D eigenvalue weighted by atomic mass is 9.33. The summed E-state index contributed by atoms with van der Waals surface area (Å²) in [5.74, 6) is 0. The standard InChI is InChI=1S/C70H66BN3/c1-45-39-46(2)66-56(40-45)69(9)38-37-49-27-17-18-28-55(49)70(69,10)74(66)52-43-63-65-64(44-52)73(60-36-34-51(68(6,7)8)42-54(60)48-25-15-12-16-26-48)62-32-22-20-30-58(62)71(65)57-29-19-21-31-61(57)72(63)59-35-33-50(67(3,4)5)41-53(59)47-23-13-11-14-24-47/h11-36,39-44H,37-38H2,1-10H3. The molecule has 364 valence electrons. The molecule has 0 spiro atoms. The van der Waals surface area contributed by atoms with Crippen LogP contribution in [0.5, 0.6) is 0 Å². The highest BCUT2D eigenvalue weighted by Crippen LogP contribution is 2.65. The van der Waals surface area contributed by atoms with E-state index in [-0.39, 0.29) is 23.0 Å². The van der Waals surface area contributed by atoms with Crippen LogP contribution < -0.4 is 31.1 Å². The van der Waals surface area contributed by atoms with Crippen molar-refractivity contribution in [3.63, 3.8) is 0 Å². The smallest absolute Gasteiger partial charge is 0.252 e. The first-order valence-electron chi connectivity index (χ1n) is 26.9. The molecule has 3 aliphatic heterocycles. The molecule has 4 aliphatic rings. The molecule has 9 aromatic carbocycles. The molecule has 74 heavy (non-hydrogen) atoms. The molecule has 0 aromatic heterocycles. The third-order valence-electron chi connectivity index (χ3n) is 17.7. The Morgan fingerprint density at radius 3 is 1.47 bits per heavy atom. The van der Waals surface area contributed by atoms with Gasteiger partial charge in [0.25, 0.3) is 6.71 Å². The van der Waals surface area contributed by atoms with E-state index in [0.717, 1.165) is 12.8 Å². The Kier molecular flexibility index (Phi) is 10.3. The van der Waals surface area contributed by atoms with Gasteiger partial charge in [-0.1, -0.05) is 200 Å². The summed E-state index contributed by atoms with van der Waals surface area (Å²) in [6, 6.07) is 74.7. The van der Waals surface area contributed by atoms with Crippen LogP contribution in [0.3, 0.4) is 0 Å². The van der Waals surface area contributed by atoms with Crippen LogP contribution in [0.1, 0.15) is 101 Å². The average molecular weight is 960 g/mol. The van der Waals surface area contributed by atoms with Crippen molar-refractivity contribution in [2.75, 3.05) is 14.7 Å². The van der Waals surface area contributed by atoms with E-state index in [0.29, 0.717) is 0 Å². The van der Waals surface area contributed by atoms with Gasteiger partial charge >= 0.3 is 0 Å². The molecular formula is C70H66BN3. The molecular weight excluding hydrogens is 894 g/mol. The monoisotopic (exact) mass is 960 g/mol. The Bertz CT molecular complexity index is 3560. The fraction of sp³-hybridized carbons (Fsp3) is 0.229. The maximum Gasteiger partial charge on any atom is 0.252 e. The number of hydrogen-bond acceptors (Lipinski definition) is 3. The summed E-state index contributed by atoms with van der Waals surface area (Å²) in [6.07, 6.45) is 2.11. The number of para-hydroxylation sites is 2. The Labute approximate surface area is 440 Å². The van der Waals surface area contributed by atoms with Crippen LogP contribution in [0.15, 0.2) is 194 Å². The van der Waals surface area contributed by atoms with Crippen LogP contribution in [0.4, 0.5) is 45.5 Å². The normalized spacial score (nSPS) is 18.3. The molecule has 0 radical (unpaired) electrons. The van der Waals surface area contributed by atoms with Crippen molar-refractivity contribution in [3.8, 4) is 22.3 Å². The first-order valence-corrected chi connectivity index (χ1v) is 26.9. The lowest BCUT2D eigenvalue weighted by Crippen LogP contribution is -2.61. The molecule has 1 aliphatic carbocycles. The van der Waals surface area contributed by atoms with E-state index in [1.807, 2.05) is 0 Å². The highest BCUT2D eigenvalue weighted by molar-refractivity contribution is 7.00. The number of anilines is 8. The fourth-order valence-electron chi connectivity index (χ4n) is 13.8. The molecule has 0 saturated carbocycles. The molecule has 2 atom stereocenters. The first kappa shape index (κ1) is 46.2. The molecule has 0 amide bonds. The van der Waals surface area contributed by atoms with E-state index in [1.165, 1.54) is 123 Å². The number of nitrogens with zero attached hydrogens (tertiary/aromatic N) is 3. The SMILES string of the molecule is Cc1cc(C)c2c(c1)C1(C)CCc3ccccc3C1(C)N2c1cc2c3c(c1)N(c1ccc(C(C)(C)C)cc1-c1ccccc1)c1ccccc1B3c1ccccc1N2c1ccc(C(C)(C)C)cc1-c1ccccc1. The quantitative estimate of drug-likeness (QED) is 0.159. The van der Waals surface area contributed by atoms with Gasteiger partial charge < -0.3 is 14.7 Å². The zero-order chi connectivity index (χ0) is 51.1. The topological polar surface area (TPSA) is 9.72 Å². The van der Waals surface area contributed by atoms with Crippen molar-refractivity contribution in [2.24, 2.45) is 0 Å². The minimum absolute atomic E-state index is 0.0245. The zero-order valence-electron chi connectivity index (χ0n) is 44.8. The maximum absolute atomic E-state index is 2.81. The van der Waals surface area contributed by atoms with Crippen molar-refractivity contribution >= 4 is 68.6 Å². The Morgan fingerprint density at radius 1 is 0.459 bits per heavy atom. The minimum Gasteiger partial charge on any atom is -0.330 e. The number of hydrogen-bond donors (Lipinski definition) is 0. The second-order valence-electron chi connectivity index (χ2n) is 24.2. The average Bonchev–Trinajstić information content (AvgIpc) is 3.67. The number of rotatable bonds is 5. The molecule has 2 unspecified atom stereocenters. The largest absolute Gasteiger partial charge is 0.330 e. The van der Waals surface area contributed by atoms with Gasteiger partial charge in [0.05, 0.1) is 16.9 Å². The first-order chi connectivity index (χ1) is 35.6. The van der Waals surface area contributed by atoms with Gasteiger partial charge in [-0.15, -0.1) is 0 Å². The van der Waals surface area contributed by atoms with Gasteiger partial charge in [0.15, 0.2) is 0 Å². The van der Waals surface area contributed by atoms with E-state index in [9.17, 15) is 0 Å². The highest BCUT2D eigenvalue weighted by Gasteiger charge is 2.61. The van der Waals surface area contributed by atoms with Crippen LogP contribution in [0.2, 0.25) is 0 Å². The predicted molar refractivity (Wildman–Crippen MR) is 316 cm³/mol.